The molecule has 16 heavy (non-hydrogen) atoms. The third-order valence-corrected chi connectivity index (χ3v) is 2.19. The van der Waals surface area contributed by atoms with Gasteiger partial charge in [0.2, 0.25) is 0 Å². The topological polar surface area (TPSA) is 46.2 Å². The second kappa shape index (κ2) is 7.19. The van der Waals surface area contributed by atoms with Gasteiger partial charge in [-0.05, 0) is 6.07 Å². The fourth-order valence-corrected chi connectivity index (χ4v) is 1.33. The molecule has 1 rings (SSSR count). The minimum absolute atomic E-state index is 0.479. The predicted molar refractivity (Wildman–Crippen MR) is 66.6 cm³/mol. The number of hydrogen-bond acceptors (Lipinski definition) is 4. The smallest absolute Gasteiger partial charge is 0.130 e. The molecule has 0 aliphatic carbocycles. The number of ether oxygens (including phenoxy) is 1. The number of pyridine rings is 1. The van der Waals surface area contributed by atoms with Gasteiger partial charge in [-0.3, -0.25) is 0 Å². The van der Waals surface area contributed by atoms with E-state index >= 15 is 0 Å². The summed E-state index contributed by atoms with van der Waals surface area (Å²) in [5, 5.41) is 6.64. The Morgan fingerprint density at radius 2 is 2.25 bits per heavy atom. The average Bonchev–Trinajstić information content (AvgIpc) is 2.28. The highest BCUT2D eigenvalue weighted by atomic mass is 16.5. The average molecular weight is 223 g/mol. The normalized spacial score (nSPS) is 10.8. The summed E-state index contributed by atoms with van der Waals surface area (Å²) in [6.07, 6.45) is 1.80. The van der Waals surface area contributed by atoms with E-state index in [1.165, 1.54) is 5.56 Å². The van der Waals surface area contributed by atoms with Crippen LogP contribution in [0.2, 0.25) is 0 Å². The zero-order valence-electron chi connectivity index (χ0n) is 10.3. The van der Waals surface area contributed by atoms with E-state index < -0.39 is 0 Å². The first kappa shape index (κ1) is 12.9. The van der Waals surface area contributed by atoms with Crippen LogP contribution < -0.4 is 10.6 Å². The molecule has 4 nitrogen and oxygen atoms in total. The lowest BCUT2D eigenvalue weighted by Crippen LogP contribution is -2.23. The lowest BCUT2D eigenvalue weighted by Gasteiger charge is -2.12. The molecule has 4 heteroatoms. The zero-order chi connectivity index (χ0) is 11.8. The summed E-state index contributed by atoms with van der Waals surface area (Å²) >= 11 is 0. The van der Waals surface area contributed by atoms with Crippen molar-refractivity contribution in [3.8, 4) is 0 Å². The Morgan fingerprint density at radius 1 is 1.44 bits per heavy atom. The first-order chi connectivity index (χ1) is 7.74. The lowest BCUT2D eigenvalue weighted by atomic mass is 10.2. The number of methoxy groups -OCH3 is 1. The number of aromatic nitrogens is 1. The number of hydrogen-bond donors (Lipinski definition) is 2. The third-order valence-electron chi connectivity index (χ3n) is 2.19. The molecule has 0 aliphatic rings. The monoisotopic (exact) mass is 223 g/mol. The highest BCUT2D eigenvalue weighted by molar-refractivity contribution is 5.43. The van der Waals surface area contributed by atoms with Gasteiger partial charge in [0.1, 0.15) is 5.82 Å². The van der Waals surface area contributed by atoms with E-state index in [0.717, 1.165) is 18.9 Å². The highest BCUT2D eigenvalue weighted by Crippen LogP contribution is 2.10. The molecule has 1 aromatic heterocycles. The van der Waals surface area contributed by atoms with Crippen molar-refractivity contribution in [2.45, 2.75) is 26.4 Å². The van der Waals surface area contributed by atoms with E-state index in [4.69, 9.17) is 4.74 Å². The Bertz CT molecular complexity index is 302. The van der Waals surface area contributed by atoms with E-state index in [9.17, 15) is 0 Å². The first-order valence-corrected chi connectivity index (χ1v) is 5.64. The van der Waals surface area contributed by atoms with Crippen LogP contribution in [-0.2, 0) is 11.3 Å². The summed E-state index contributed by atoms with van der Waals surface area (Å²) in [4.78, 5) is 4.32. The molecular weight excluding hydrogens is 202 g/mol. The summed E-state index contributed by atoms with van der Waals surface area (Å²) in [7, 11) is 1.70. The van der Waals surface area contributed by atoms with Crippen molar-refractivity contribution < 1.29 is 4.74 Å². The molecule has 90 valence electrons. The van der Waals surface area contributed by atoms with Crippen molar-refractivity contribution >= 4 is 5.82 Å². The van der Waals surface area contributed by atoms with Gasteiger partial charge >= 0.3 is 0 Å². The number of nitrogens with one attached hydrogen (secondary N) is 2. The molecule has 0 spiro atoms. The Balaban J connectivity index is 2.53. The highest BCUT2D eigenvalue weighted by Gasteiger charge is 2.02. The van der Waals surface area contributed by atoms with Crippen molar-refractivity contribution in [2.75, 3.05) is 25.6 Å². The maximum Gasteiger partial charge on any atom is 0.130 e. The van der Waals surface area contributed by atoms with Crippen molar-refractivity contribution in [1.82, 2.24) is 10.3 Å². The van der Waals surface area contributed by atoms with Crippen molar-refractivity contribution in [2.24, 2.45) is 0 Å². The molecule has 1 heterocycles. The Hall–Kier alpha value is -1.13. The van der Waals surface area contributed by atoms with Gasteiger partial charge in [0.15, 0.2) is 0 Å². The molecule has 0 fully saturated rings. The Kier molecular flexibility index (Phi) is 5.82. The van der Waals surface area contributed by atoms with Crippen molar-refractivity contribution in [3.63, 3.8) is 0 Å². The summed E-state index contributed by atoms with van der Waals surface area (Å²) in [5.74, 6) is 0.938. The van der Waals surface area contributed by atoms with Gasteiger partial charge in [-0.25, -0.2) is 4.98 Å². The van der Waals surface area contributed by atoms with Gasteiger partial charge in [-0.1, -0.05) is 19.9 Å². The summed E-state index contributed by atoms with van der Waals surface area (Å²) in [6.45, 7) is 6.57. The molecule has 0 saturated heterocycles. The molecular formula is C12H21N3O. The second-order valence-corrected chi connectivity index (χ2v) is 3.97. The van der Waals surface area contributed by atoms with E-state index in [-0.39, 0.29) is 0 Å². The van der Waals surface area contributed by atoms with Gasteiger partial charge in [0.25, 0.3) is 0 Å². The number of nitrogens with zero attached hydrogens (tertiary/aromatic N) is 1. The van der Waals surface area contributed by atoms with Crippen LogP contribution in [-0.4, -0.2) is 31.3 Å². The second-order valence-electron chi connectivity index (χ2n) is 3.97. The van der Waals surface area contributed by atoms with Crippen LogP contribution in [0.5, 0.6) is 0 Å². The molecule has 0 bridgehead atoms. The van der Waals surface area contributed by atoms with Crippen LogP contribution in [0.15, 0.2) is 18.3 Å². The SMILES string of the molecule is COCCNc1ncccc1CNC(C)C. The fourth-order valence-electron chi connectivity index (χ4n) is 1.33. The van der Waals surface area contributed by atoms with Crippen LogP contribution in [0, 0.1) is 0 Å². The van der Waals surface area contributed by atoms with E-state index in [1.807, 2.05) is 6.07 Å². The standard InChI is InChI=1S/C12H21N3O/c1-10(2)15-9-11-5-4-6-13-12(11)14-7-8-16-3/h4-6,10,15H,7-9H2,1-3H3,(H,13,14). The van der Waals surface area contributed by atoms with E-state index in [2.05, 4.69) is 35.5 Å². The van der Waals surface area contributed by atoms with Crippen LogP contribution in [0.3, 0.4) is 0 Å². The van der Waals surface area contributed by atoms with Crippen LogP contribution in [0.1, 0.15) is 19.4 Å². The predicted octanol–water partition coefficient (Wildman–Crippen LogP) is 1.64. The Labute approximate surface area is 97.4 Å². The van der Waals surface area contributed by atoms with E-state index in [1.54, 1.807) is 13.3 Å². The summed E-state index contributed by atoms with van der Waals surface area (Å²) < 4.78 is 5.00. The minimum atomic E-state index is 0.479. The van der Waals surface area contributed by atoms with Gasteiger partial charge < -0.3 is 15.4 Å². The molecule has 1 aromatic rings. The summed E-state index contributed by atoms with van der Waals surface area (Å²) in [5.41, 5.74) is 1.19. The van der Waals surface area contributed by atoms with Gasteiger partial charge in [0, 0.05) is 38.0 Å². The maximum atomic E-state index is 5.00. The maximum absolute atomic E-state index is 5.00. The molecule has 0 aliphatic heterocycles. The Morgan fingerprint density at radius 3 is 2.94 bits per heavy atom. The fraction of sp³-hybridized carbons (Fsp3) is 0.583. The molecule has 0 saturated carbocycles. The zero-order valence-corrected chi connectivity index (χ0v) is 10.3. The van der Waals surface area contributed by atoms with Crippen LogP contribution >= 0.6 is 0 Å². The molecule has 0 unspecified atom stereocenters. The number of rotatable bonds is 7. The van der Waals surface area contributed by atoms with Gasteiger partial charge in [0.05, 0.1) is 6.61 Å². The van der Waals surface area contributed by atoms with E-state index in [0.29, 0.717) is 12.6 Å². The van der Waals surface area contributed by atoms with Crippen molar-refractivity contribution in [1.29, 1.82) is 0 Å². The molecule has 2 N–H and O–H groups in total. The first-order valence-electron chi connectivity index (χ1n) is 5.64. The van der Waals surface area contributed by atoms with Crippen LogP contribution in [0.25, 0.3) is 0 Å². The number of anilines is 1. The van der Waals surface area contributed by atoms with Gasteiger partial charge in [-0.15, -0.1) is 0 Å². The molecule has 0 atom stereocenters. The van der Waals surface area contributed by atoms with Crippen LogP contribution in [0.4, 0.5) is 5.82 Å². The summed E-state index contributed by atoms with van der Waals surface area (Å²) in [6, 6.07) is 4.52. The molecule has 0 amide bonds. The van der Waals surface area contributed by atoms with Gasteiger partial charge in [-0.2, -0.15) is 0 Å². The molecule has 0 radical (unpaired) electrons. The van der Waals surface area contributed by atoms with Crippen molar-refractivity contribution in [3.05, 3.63) is 23.9 Å². The minimum Gasteiger partial charge on any atom is -0.383 e. The molecule has 0 aromatic carbocycles. The largest absolute Gasteiger partial charge is 0.383 e. The lowest BCUT2D eigenvalue weighted by molar-refractivity contribution is 0.210. The third kappa shape index (κ3) is 4.59. The quantitative estimate of drug-likeness (QED) is 0.690.